The summed E-state index contributed by atoms with van der Waals surface area (Å²) in [6, 6.07) is 6.39. The number of aromatic nitrogens is 2. The van der Waals surface area contributed by atoms with E-state index >= 15 is 0 Å². The van der Waals surface area contributed by atoms with Gasteiger partial charge in [0.1, 0.15) is 36.1 Å². The standard InChI is InChI=1S/C32H36N2O9/c1-18-9-10-21(35)24-29(18,2)26(42-28(39)20-8-6-12-34-16-20)25(37)31(4)30(24,3)22(13-32(43-31)14-23(36)40-17-32)41-27(38)19-7-5-11-33-15-19/h5-9,11-12,15-16,21-22,24-26,35,37H,10,13-14,17H2,1-4H3/t21-,22+,24+,25+,26+,29+,30-,31+,32-/m1/s1. The number of nitrogens with zero attached hydrogens (tertiary/aromatic N) is 2. The van der Waals surface area contributed by atoms with Crippen molar-refractivity contribution in [3.8, 4) is 0 Å². The van der Waals surface area contributed by atoms with E-state index in [0.29, 0.717) is 6.42 Å². The second-order valence-corrected chi connectivity index (χ2v) is 12.8. The zero-order valence-electron chi connectivity index (χ0n) is 24.6. The van der Waals surface area contributed by atoms with E-state index in [4.69, 9.17) is 18.9 Å². The van der Waals surface area contributed by atoms with Crippen LogP contribution in [0.4, 0.5) is 0 Å². The van der Waals surface area contributed by atoms with Crippen LogP contribution in [0.5, 0.6) is 0 Å². The fourth-order valence-electron chi connectivity index (χ4n) is 8.17. The average molecular weight is 593 g/mol. The lowest BCUT2D eigenvalue weighted by Gasteiger charge is -2.71. The molecule has 9 atom stereocenters. The van der Waals surface area contributed by atoms with Gasteiger partial charge in [-0.05, 0) is 44.5 Å². The molecule has 0 amide bonds. The van der Waals surface area contributed by atoms with Gasteiger partial charge in [0.2, 0.25) is 0 Å². The fourth-order valence-corrected chi connectivity index (χ4v) is 8.17. The Hall–Kier alpha value is -3.67. The molecular formula is C32H36N2O9. The number of rotatable bonds is 4. The first-order chi connectivity index (χ1) is 20.4. The Kier molecular flexibility index (Phi) is 6.98. The van der Waals surface area contributed by atoms with Crippen molar-refractivity contribution in [1.29, 1.82) is 0 Å². The third kappa shape index (κ3) is 4.31. The molecule has 228 valence electrons. The number of fused-ring (bicyclic) bond motifs is 3. The van der Waals surface area contributed by atoms with E-state index in [1.54, 1.807) is 37.4 Å². The molecule has 0 aromatic carbocycles. The van der Waals surface area contributed by atoms with E-state index in [9.17, 15) is 24.6 Å². The number of aliphatic hydroxyl groups is 2. The first kappa shape index (κ1) is 29.4. The van der Waals surface area contributed by atoms with Crippen molar-refractivity contribution in [3.05, 3.63) is 71.8 Å². The van der Waals surface area contributed by atoms with Gasteiger partial charge in [-0.2, -0.15) is 0 Å². The molecule has 4 heterocycles. The van der Waals surface area contributed by atoms with E-state index in [1.165, 1.54) is 18.6 Å². The maximum Gasteiger partial charge on any atom is 0.340 e. The van der Waals surface area contributed by atoms with Crippen LogP contribution in [0, 0.1) is 16.7 Å². The van der Waals surface area contributed by atoms with E-state index in [-0.39, 0.29) is 30.6 Å². The summed E-state index contributed by atoms with van der Waals surface area (Å²) in [4.78, 5) is 47.4. The van der Waals surface area contributed by atoms with Gasteiger partial charge < -0.3 is 29.2 Å². The molecule has 0 unspecified atom stereocenters. The summed E-state index contributed by atoms with van der Waals surface area (Å²) >= 11 is 0. The normalized spacial score (nSPS) is 40.1. The summed E-state index contributed by atoms with van der Waals surface area (Å²) in [6.45, 7) is 7.15. The van der Waals surface area contributed by atoms with Crippen LogP contribution < -0.4 is 0 Å². The molecule has 1 spiro atoms. The number of ether oxygens (including phenoxy) is 4. The highest BCUT2D eigenvalue weighted by atomic mass is 16.6. The Balaban J connectivity index is 1.50. The molecule has 4 aliphatic rings. The van der Waals surface area contributed by atoms with Crippen molar-refractivity contribution in [3.63, 3.8) is 0 Å². The van der Waals surface area contributed by atoms with Gasteiger partial charge in [-0.15, -0.1) is 0 Å². The molecule has 2 aromatic heterocycles. The van der Waals surface area contributed by atoms with Gasteiger partial charge in [0.25, 0.3) is 0 Å². The number of cyclic esters (lactones) is 1. The molecule has 2 aromatic rings. The van der Waals surface area contributed by atoms with E-state index in [1.807, 2.05) is 26.8 Å². The van der Waals surface area contributed by atoms with Crippen LogP contribution in [-0.2, 0) is 23.7 Å². The Bertz CT molecular complexity index is 1470. The van der Waals surface area contributed by atoms with Crippen molar-refractivity contribution in [2.24, 2.45) is 16.7 Å². The van der Waals surface area contributed by atoms with Gasteiger partial charge in [0, 0.05) is 48.0 Å². The van der Waals surface area contributed by atoms with Gasteiger partial charge in [-0.1, -0.05) is 25.5 Å². The Morgan fingerprint density at radius 1 is 1.00 bits per heavy atom. The maximum absolute atomic E-state index is 13.5. The van der Waals surface area contributed by atoms with Crippen LogP contribution in [0.15, 0.2) is 60.7 Å². The molecule has 11 heteroatoms. The quantitative estimate of drug-likeness (QED) is 0.306. The second kappa shape index (κ2) is 10.2. The highest BCUT2D eigenvalue weighted by Crippen LogP contribution is 2.68. The molecule has 2 saturated heterocycles. The third-order valence-electron chi connectivity index (χ3n) is 10.6. The van der Waals surface area contributed by atoms with Crippen LogP contribution in [0.2, 0.25) is 0 Å². The average Bonchev–Trinajstić information content (AvgIpc) is 3.35. The summed E-state index contributed by atoms with van der Waals surface area (Å²) in [7, 11) is 0. The fraction of sp³-hybridized carbons (Fsp3) is 0.531. The molecule has 0 radical (unpaired) electrons. The van der Waals surface area contributed by atoms with E-state index in [2.05, 4.69) is 9.97 Å². The maximum atomic E-state index is 13.5. The Morgan fingerprint density at radius 2 is 1.63 bits per heavy atom. The molecule has 2 N–H and O–H groups in total. The van der Waals surface area contributed by atoms with Crippen molar-refractivity contribution in [2.45, 2.75) is 82.6 Å². The van der Waals surface area contributed by atoms with Crippen LogP contribution in [0.3, 0.4) is 0 Å². The number of aliphatic hydroxyl groups excluding tert-OH is 2. The molecule has 2 aliphatic heterocycles. The van der Waals surface area contributed by atoms with Crippen molar-refractivity contribution >= 4 is 17.9 Å². The van der Waals surface area contributed by atoms with Gasteiger partial charge in [0.15, 0.2) is 0 Å². The highest BCUT2D eigenvalue weighted by Gasteiger charge is 2.78. The van der Waals surface area contributed by atoms with Crippen LogP contribution >= 0.6 is 0 Å². The number of pyridine rings is 2. The minimum Gasteiger partial charge on any atom is -0.462 e. The smallest absolute Gasteiger partial charge is 0.340 e. The topological polar surface area (TPSA) is 154 Å². The molecule has 2 aliphatic carbocycles. The van der Waals surface area contributed by atoms with E-state index in [0.717, 1.165) is 5.57 Å². The predicted octanol–water partition coefficient (Wildman–Crippen LogP) is 2.81. The minimum absolute atomic E-state index is 0.0890. The lowest BCUT2D eigenvalue weighted by atomic mass is 9.41. The van der Waals surface area contributed by atoms with Gasteiger partial charge in [-0.25, -0.2) is 9.59 Å². The summed E-state index contributed by atoms with van der Waals surface area (Å²) < 4.78 is 24.5. The molecule has 11 nitrogen and oxygen atoms in total. The van der Waals surface area contributed by atoms with Crippen LogP contribution in [0.25, 0.3) is 0 Å². The predicted molar refractivity (Wildman–Crippen MR) is 149 cm³/mol. The van der Waals surface area contributed by atoms with Crippen molar-refractivity contribution in [1.82, 2.24) is 9.97 Å². The molecule has 3 fully saturated rings. The number of carbonyl (C=O) groups excluding carboxylic acids is 3. The minimum atomic E-state index is -1.58. The highest BCUT2D eigenvalue weighted by molar-refractivity contribution is 5.89. The zero-order valence-corrected chi connectivity index (χ0v) is 24.6. The Labute approximate surface area is 249 Å². The summed E-state index contributed by atoms with van der Waals surface area (Å²) in [5.41, 5.74) is -3.89. The number of carbonyl (C=O) groups is 3. The summed E-state index contributed by atoms with van der Waals surface area (Å²) in [6.07, 6.45) is 3.45. The summed E-state index contributed by atoms with van der Waals surface area (Å²) in [5, 5.41) is 24.1. The van der Waals surface area contributed by atoms with Gasteiger partial charge in [-0.3, -0.25) is 14.8 Å². The summed E-state index contributed by atoms with van der Waals surface area (Å²) in [5.74, 6) is -2.52. The first-order valence-electron chi connectivity index (χ1n) is 14.5. The van der Waals surface area contributed by atoms with Crippen LogP contribution in [-0.4, -0.2) is 80.3 Å². The SMILES string of the molecule is CC1=CC[C@@H](O)[C@H]2[C@@]1(C)[C@@H](OC(=O)c1cccnc1)[C@H](O)[C@]1(C)O[C@]3(COC(=O)C3)C[C@H](OC(=O)c3cccnc3)[C@]21C. The second-order valence-electron chi connectivity index (χ2n) is 12.8. The van der Waals surface area contributed by atoms with Gasteiger partial charge >= 0.3 is 17.9 Å². The van der Waals surface area contributed by atoms with E-state index < -0.39 is 70.3 Å². The lowest BCUT2D eigenvalue weighted by molar-refractivity contribution is -0.369. The Morgan fingerprint density at radius 3 is 2.19 bits per heavy atom. The monoisotopic (exact) mass is 592 g/mol. The molecule has 1 saturated carbocycles. The molecular weight excluding hydrogens is 556 g/mol. The van der Waals surface area contributed by atoms with Crippen molar-refractivity contribution in [2.75, 3.05) is 6.61 Å². The number of esters is 3. The largest absolute Gasteiger partial charge is 0.462 e. The van der Waals surface area contributed by atoms with Crippen molar-refractivity contribution < 1.29 is 43.5 Å². The molecule has 6 rings (SSSR count). The third-order valence-corrected chi connectivity index (χ3v) is 10.6. The molecule has 0 bridgehead atoms. The molecule has 43 heavy (non-hydrogen) atoms. The zero-order chi connectivity index (χ0) is 30.8. The number of hydrogen-bond acceptors (Lipinski definition) is 11. The van der Waals surface area contributed by atoms with Crippen LogP contribution in [0.1, 0.15) is 67.7 Å². The number of hydrogen-bond donors (Lipinski definition) is 2. The first-order valence-corrected chi connectivity index (χ1v) is 14.5. The lowest BCUT2D eigenvalue weighted by Crippen LogP contribution is -2.81. The van der Waals surface area contributed by atoms with Gasteiger partial charge in [0.05, 0.1) is 23.7 Å².